The number of aromatic nitrogens is 2. The minimum absolute atomic E-state index is 0.0111. The van der Waals surface area contributed by atoms with E-state index in [1.54, 1.807) is 31.2 Å². The van der Waals surface area contributed by atoms with Crippen molar-refractivity contribution in [3.8, 4) is 16.8 Å². The number of para-hydroxylation sites is 1. The molecule has 0 saturated heterocycles. The van der Waals surface area contributed by atoms with E-state index in [4.69, 9.17) is 0 Å². The summed E-state index contributed by atoms with van der Waals surface area (Å²) in [5.41, 5.74) is 1.27. The molecule has 0 aliphatic carbocycles. The first kappa shape index (κ1) is 31.5. The monoisotopic (exact) mass is 620 g/mol. The standard InChI is InChI=1S/C33H28F4N4O4/c1-18-5-6-22(39-30(44)11-19-9-20(34)12-21(35)10-19)13-26(18)27-14-23(15-38-24(16-42)17-43)40-33-25(27)7-8-31(45)41(33)32-28(36)3-2-4-29(32)37/h2-10,12-14,24,38,42-43H,11,15-17H2,1H3,(H,39,44). The van der Waals surface area contributed by atoms with Crippen molar-refractivity contribution in [3.05, 3.63) is 123 Å². The van der Waals surface area contributed by atoms with Gasteiger partial charge in [0.15, 0.2) is 0 Å². The smallest absolute Gasteiger partial charge is 0.256 e. The van der Waals surface area contributed by atoms with Crippen LogP contribution in [0, 0.1) is 30.2 Å². The summed E-state index contributed by atoms with van der Waals surface area (Å²) in [5.74, 6) is -4.08. The lowest BCUT2D eigenvalue weighted by molar-refractivity contribution is -0.115. The first-order valence-electron chi connectivity index (χ1n) is 13.9. The van der Waals surface area contributed by atoms with E-state index in [9.17, 15) is 37.4 Å². The molecule has 0 atom stereocenters. The van der Waals surface area contributed by atoms with Crippen LogP contribution in [0.25, 0.3) is 27.8 Å². The number of hydrogen-bond donors (Lipinski definition) is 4. The molecule has 8 nitrogen and oxygen atoms in total. The quantitative estimate of drug-likeness (QED) is 0.171. The average molecular weight is 621 g/mol. The average Bonchev–Trinajstić information content (AvgIpc) is 2.98. The van der Waals surface area contributed by atoms with Crippen LogP contribution in [0.3, 0.4) is 0 Å². The summed E-state index contributed by atoms with van der Waals surface area (Å²) in [6.45, 7) is 1.08. The fourth-order valence-electron chi connectivity index (χ4n) is 5.02. The maximum atomic E-state index is 15.0. The second-order valence-electron chi connectivity index (χ2n) is 10.5. The van der Waals surface area contributed by atoms with Crippen LogP contribution in [0.5, 0.6) is 0 Å². The summed E-state index contributed by atoms with van der Waals surface area (Å²) < 4.78 is 58.1. The molecule has 5 aromatic rings. The predicted octanol–water partition coefficient (Wildman–Crippen LogP) is 4.54. The Morgan fingerprint density at radius 2 is 1.58 bits per heavy atom. The second-order valence-corrected chi connectivity index (χ2v) is 10.5. The summed E-state index contributed by atoms with van der Waals surface area (Å²) in [6, 6.07) is 14.8. The molecular formula is C33H28F4N4O4. The second kappa shape index (κ2) is 13.4. The lowest BCUT2D eigenvalue weighted by Crippen LogP contribution is -2.35. The lowest BCUT2D eigenvalue weighted by atomic mass is 9.96. The number of benzene rings is 3. The van der Waals surface area contributed by atoms with Crippen LogP contribution in [-0.4, -0.2) is 44.9 Å². The zero-order valence-corrected chi connectivity index (χ0v) is 24.0. The zero-order chi connectivity index (χ0) is 32.2. The van der Waals surface area contributed by atoms with Gasteiger partial charge in [0, 0.05) is 29.8 Å². The molecule has 232 valence electrons. The fraction of sp³-hybridized carbons (Fsp3) is 0.182. The van der Waals surface area contributed by atoms with Crippen LogP contribution in [0.2, 0.25) is 0 Å². The van der Waals surface area contributed by atoms with E-state index in [-0.39, 0.29) is 37.4 Å². The van der Waals surface area contributed by atoms with Gasteiger partial charge in [-0.15, -0.1) is 0 Å². The van der Waals surface area contributed by atoms with Gasteiger partial charge in [-0.05, 0) is 77.7 Å². The predicted molar refractivity (Wildman–Crippen MR) is 161 cm³/mol. The summed E-state index contributed by atoms with van der Waals surface area (Å²) in [7, 11) is 0. The molecule has 0 bridgehead atoms. The number of aliphatic hydroxyl groups is 2. The van der Waals surface area contributed by atoms with Crippen LogP contribution in [-0.2, 0) is 17.8 Å². The minimum Gasteiger partial charge on any atom is -0.395 e. The molecule has 3 aromatic carbocycles. The molecule has 45 heavy (non-hydrogen) atoms. The number of aliphatic hydroxyl groups excluding tert-OH is 2. The van der Waals surface area contributed by atoms with Gasteiger partial charge in [0.05, 0.1) is 31.4 Å². The number of halogens is 4. The molecule has 12 heteroatoms. The molecule has 5 rings (SSSR count). The van der Waals surface area contributed by atoms with Crippen molar-refractivity contribution in [1.29, 1.82) is 0 Å². The van der Waals surface area contributed by atoms with E-state index in [0.29, 0.717) is 34.0 Å². The van der Waals surface area contributed by atoms with Crippen molar-refractivity contribution < 1.29 is 32.6 Å². The largest absolute Gasteiger partial charge is 0.395 e. The number of hydrogen-bond acceptors (Lipinski definition) is 6. The van der Waals surface area contributed by atoms with E-state index in [0.717, 1.165) is 34.4 Å². The van der Waals surface area contributed by atoms with Crippen molar-refractivity contribution in [2.24, 2.45) is 0 Å². The Morgan fingerprint density at radius 1 is 0.889 bits per heavy atom. The van der Waals surface area contributed by atoms with E-state index in [2.05, 4.69) is 15.6 Å². The number of pyridine rings is 2. The fourth-order valence-corrected chi connectivity index (χ4v) is 5.02. The molecule has 2 heterocycles. The molecular weight excluding hydrogens is 592 g/mol. The molecule has 0 radical (unpaired) electrons. The van der Waals surface area contributed by atoms with Gasteiger partial charge in [0.2, 0.25) is 5.91 Å². The normalized spacial score (nSPS) is 11.4. The van der Waals surface area contributed by atoms with Crippen LogP contribution in [0.4, 0.5) is 23.2 Å². The van der Waals surface area contributed by atoms with Crippen molar-refractivity contribution in [2.75, 3.05) is 18.5 Å². The Morgan fingerprint density at radius 3 is 2.24 bits per heavy atom. The number of carbonyl (C=O) groups is 1. The maximum Gasteiger partial charge on any atom is 0.256 e. The molecule has 0 unspecified atom stereocenters. The van der Waals surface area contributed by atoms with Crippen LogP contribution < -0.4 is 16.2 Å². The Labute approximate surface area is 254 Å². The molecule has 4 N–H and O–H groups in total. The highest BCUT2D eigenvalue weighted by atomic mass is 19.1. The van der Waals surface area contributed by atoms with Crippen molar-refractivity contribution in [1.82, 2.24) is 14.9 Å². The van der Waals surface area contributed by atoms with E-state index in [1.807, 2.05) is 0 Å². The Kier molecular flexibility index (Phi) is 9.37. The van der Waals surface area contributed by atoms with Crippen LogP contribution in [0.1, 0.15) is 16.8 Å². The molecule has 0 aliphatic rings. The Hall–Kier alpha value is -4.91. The van der Waals surface area contributed by atoms with Gasteiger partial charge < -0.3 is 20.8 Å². The number of nitrogens with one attached hydrogen (secondary N) is 2. The maximum absolute atomic E-state index is 15.0. The summed E-state index contributed by atoms with van der Waals surface area (Å²) in [6.07, 6.45) is -0.288. The molecule has 0 aliphatic heterocycles. The number of carbonyl (C=O) groups excluding carboxylic acids is 1. The third kappa shape index (κ3) is 6.93. The Bertz CT molecular complexity index is 1920. The van der Waals surface area contributed by atoms with Gasteiger partial charge in [-0.2, -0.15) is 0 Å². The number of amides is 1. The van der Waals surface area contributed by atoms with E-state index < -0.39 is 46.5 Å². The molecule has 0 saturated carbocycles. The molecule has 2 aromatic heterocycles. The van der Waals surface area contributed by atoms with Gasteiger partial charge in [-0.25, -0.2) is 22.5 Å². The SMILES string of the molecule is Cc1ccc(NC(=O)Cc2cc(F)cc(F)c2)cc1-c1cc(CNC(CO)CO)nc2c1ccc(=O)n2-c1c(F)cccc1F. The highest BCUT2D eigenvalue weighted by molar-refractivity contribution is 5.97. The van der Waals surface area contributed by atoms with Gasteiger partial charge >= 0.3 is 0 Å². The van der Waals surface area contributed by atoms with Gasteiger partial charge in [0.1, 0.15) is 34.6 Å². The van der Waals surface area contributed by atoms with E-state index >= 15 is 0 Å². The zero-order valence-electron chi connectivity index (χ0n) is 24.0. The number of nitrogens with zero attached hydrogens (tertiary/aromatic N) is 2. The number of anilines is 1. The molecule has 0 fully saturated rings. The first-order valence-corrected chi connectivity index (χ1v) is 13.9. The van der Waals surface area contributed by atoms with Crippen molar-refractivity contribution >= 4 is 22.6 Å². The molecule has 1 amide bonds. The van der Waals surface area contributed by atoms with Crippen molar-refractivity contribution in [3.63, 3.8) is 0 Å². The number of rotatable bonds is 10. The third-order valence-corrected chi connectivity index (χ3v) is 7.19. The highest BCUT2D eigenvalue weighted by Gasteiger charge is 2.20. The van der Waals surface area contributed by atoms with Crippen LogP contribution in [0.15, 0.2) is 77.6 Å². The number of aryl methyl sites for hydroxylation is 1. The highest BCUT2D eigenvalue weighted by Crippen LogP contribution is 2.34. The van der Waals surface area contributed by atoms with Crippen LogP contribution >= 0.6 is 0 Å². The first-order chi connectivity index (χ1) is 21.6. The molecule has 0 spiro atoms. The van der Waals surface area contributed by atoms with E-state index in [1.165, 1.54) is 18.2 Å². The lowest BCUT2D eigenvalue weighted by Gasteiger charge is -2.18. The van der Waals surface area contributed by atoms with Crippen molar-refractivity contribution in [2.45, 2.75) is 25.9 Å². The van der Waals surface area contributed by atoms with Gasteiger partial charge in [0.25, 0.3) is 5.56 Å². The minimum atomic E-state index is -0.976. The summed E-state index contributed by atoms with van der Waals surface area (Å²) in [5, 5.41) is 25.1. The summed E-state index contributed by atoms with van der Waals surface area (Å²) in [4.78, 5) is 30.4. The van der Waals surface area contributed by atoms with Gasteiger partial charge in [-0.1, -0.05) is 12.1 Å². The number of fused-ring (bicyclic) bond motifs is 1. The Balaban J connectivity index is 1.63. The topological polar surface area (TPSA) is 116 Å². The van der Waals surface area contributed by atoms with Gasteiger partial charge in [-0.3, -0.25) is 14.2 Å². The summed E-state index contributed by atoms with van der Waals surface area (Å²) >= 11 is 0. The third-order valence-electron chi connectivity index (χ3n) is 7.19.